The highest BCUT2D eigenvalue weighted by molar-refractivity contribution is 7.88. The number of benzene rings is 1. The molecular weight excluding hydrogens is 288 g/mol. The van der Waals surface area contributed by atoms with Crippen molar-refractivity contribution in [2.75, 3.05) is 24.7 Å². The third-order valence-electron chi connectivity index (χ3n) is 3.75. The lowest BCUT2D eigenvalue weighted by molar-refractivity contribution is 0.331. The highest BCUT2D eigenvalue weighted by Crippen LogP contribution is 2.17. The van der Waals surface area contributed by atoms with Crippen molar-refractivity contribution in [3.05, 3.63) is 30.5 Å². The molecule has 21 heavy (non-hydrogen) atoms. The van der Waals surface area contributed by atoms with Gasteiger partial charge in [0.1, 0.15) is 0 Å². The van der Waals surface area contributed by atoms with Crippen molar-refractivity contribution in [2.24, 2.45) is 0 Å². The minimum absolute atomic E-state index is 0.212. The first-order valence-electron chi connectivity index (χ1n) is 6.96. The molecule has 1 N–H and O–H groups in total. The van der Waals surface area contributed by atoms with Crippen LogP contribution in [0.2, 0.25) is 0 Å². The van der Waals surface area contributed by atoms with E-state index in [2.05, 4.69) is 15.3 Å². The van der Waals surface area contributed by atoms with E-state index >= 15 is 0 Å². The number of piperidine rings is 1. The van der Waals surface area contributed by atoms with Gasteiger partial charge in [-0.1, -0.05) is 18.2 Å². The molecule has 0 saturated carbocycles. The Kier molecular flexibility index (Phi) is 3.77. The summed E-state index contributed by atoms with van der Waals surface area (Å²) in [4.78, 5) is 8.80. The Hall–Kier alpha value is -1.73. The van der Waals surface area contributed by atoms with E-state index in [0.717, 1.165) is 23.7 Å². The first-order valence-corrected chi connectivity index (χ1v) is 8.81. The predicted molar refractivity (Wildman–Crippen MR) is 82.6 cm³/mol. The molecule has 0 aliphatic carbocycles. The smallest absolute Gasteiger partial charge is 0.223 e. The Morgan fingerprint density at radius 1 is 1.24 bits per heavy atom. The highest BCUT2D eigenvalue weighted by Gasteiger charge is 2.25. The Bertz CT molecular complexity index is 739. The topological polar surface area (TPSA) is 75.2 Å². The van der Waals surface area contributed by atoms with Gasteiger partial charge in [0, 0.05) is 30.7 Å². The fourth-order valence-corrected chi connectivity index (χ4v) is 3.43. The zero-order valence-electron chi connectivity index (χ0n) is 11.9. The second-order valence-electron chi connectivity index (χ2n) is 5.33. The Labute approximate surface area is 124 Å². The van der Waals surface area contributed by atoms with Gasteiger partial charge < -0.3 is 5.32 Å². The van der Waals surface area contributed by atoms with Gasteiger partial charge in [-0.05, 0) is 18.9 Å². The number of hydrogen-bond acceptors (Lipinski definition) is 5. The molecule has 3 rings (SSSR count). The molecule has 112 valence electrons. The van der Waals surface area contributed by atoms with Gasteiger partial charge in [-0.25, -0.2) is 22.7 Å². The van der Waals surface area contributed by atoms with Gasteiger partial charge in [-0.2, -0.15) is 0 Å². The summed E-state index contributed by atoms with van der Waals surface area (Å²) in [6.45, 7) is 1.09. The van der Waals surface area contributed by atoms with Crippen LogP contribution in [-0.2, 0) is 10.0 Å². The summed E-state index contributed by atoms with van der Waals surface area (Å²) in [5, 5.41) is 4.31. The predicted octanol–water partition coefficient (Wildman–Crippen LogP) is 1.47. The largest absolute Gasteiger partial charge is 0.351 e. The number of anilines is 1. The summed E-state index contributed by atoms with van der Waals surface area (Å²) in [5.41, 5.74) is 0.906. The van der Waals surface area contributed by atoms with E-state index < -0.39 is 10.0 Å². The monoisotopic (exact) mass is 306 g/mol. The molecule has 6 nitrogen and oxygen atoms in total. The molecule has 7 heteroatoms. The minimum atomic E-state index is -3.08. The van der Waals surface area contributed by atoms with E-state index in [1.165, 1.54) is 10.6 Å². The quantitative estimate of drug-likeness (QED) is 0.929. The molecule has 0 amide bonds. The van der Waals surface area contributed by atoms with E-state index in [4.69, 9.17) is 0 Å². The van der Waals surface area contributed by atoms with E-state index in [0.29, 0.717) is 19.0 Å². The molecule has 1 aromatic carbocycles. The summed E-state index contributed by atoms with van der Waals surface area (Å²) >= 11 is 0. The molecule has 1 aliphatic heterocycles. The van der Waals surface area contributed by atoms with Crippen LogP contribution in [0.5, 0.6) is 0 Å². The van der Waals surface area contributed by atoms with Crippen molar-refractivity contribution in [1.82, 2.24) is 14.3 Å². The van der Waals surface area contributed by atoms with Gasteiger partial charge in [-0.15, -0.1) is 0 Å². The number of fused-ring (bicyclic) bond motifs is 1. The lowest BCUT2D eigenvalue weighted by Gasteiger charge is -2.30. The van der Waals surface area contributed by atoms with Crippen LogP contribution in [-0.4, -0.2) is 48.1 Å². The third-order valence-corrected chi connectivity index (χ3v) is 5.05. The molecule has 1 fully saturated rings. The number of rotatable bonds is 3. The van der Waals surface area contributed by atoms with Crippen molar-refractivity contribution >= 4 is 26.9 Å². The molecular formula is C14H18N4O2S. The van der Waals surface area contributed by atoms with Gasteiger partial charge >= 0.3 is 0 Å². The van der Waals surface area contributed by atoms with Crippen LogP contribution in [0.25, 0.3) is 10.9 Å². The molecule has 1 aromatic heterocycles. The lowest BCUT2D eigenvalue weighted by Crippen LogP contribution is -2.42. The maximum Gasteiger partial charge on any atom is 0.223 e. The second kappa shape index (κ2) is 5.57. The molecule has 0 atom stereocenters. The lowest BCUT2D eigenvalue weighted by atomic mass is 10.1. The number of para-hydroxylation sites is 1. The van der Waals surface area contributed by atoms with Crippen molar-refractivity contribution in [1.29, 1.82) is 0 Å². The normalized spacial score (nSPS) is 18.0. The first-order chi connectivity index (χ1) is 10.0. The van der Waals surface area contributed by atoms with Gasteiger partial charge in [0.25, 0.3) is 0 Å². The number of nitrogens with one attached hydrogen (secondary N) is 1. The maximum atomic E-state index is 11.5. The van der Waals surface area contributed by atoms with Gasteiger partial charge in [-0.3, -0.25) is 0 Å². The highest BCUT2D eigenvalue weighted by atomic mass is 32.2. The molecule has 1 aliphatic rings. The maximum absolute atomic E-state index is 11.5. The van der Waals surface area contributed by atoms with Crippen molar-refractivity contribution in [3.63, 3.8) is 0 Å². The average Bonchev–Trinajstić information content (AvgIpc) is 2.47. The number of sulfonamides is 1. The number of hydrogen-bond donors (Lipinski definition) is 1. The zero-order valence-corrected chi connectivity index (χ0v) is 12.7. The van der Waals surface area contributed by atoms with Crippen LogP contribution in [0.4, 0.5) is 5.95 Å². The standard InChI is InChI=1S/C14H18N4O2S/c1-21(19,20)18-8-6-12(7-9-18)16-14-15-10-11-4-2-3-5-13(11)17-14/h2-5,10,12H,6-9H2,1H3,(H,15,16,17). The first kappa shape index (κ1) is 14.2. The summed E-state index contributed by atoms with van der Waals surface area (Å²) < 4.78 is 24.5. The van der Waals surface area contributed by atoms with Crippen LogP contribution in [0.15, 0.2) is 30.5 Å². The molecule has 1 saturated heterocycles. The fraction of sp³-hybridized carbons (Fsp3) is 0.429. The van der Waals surface area contributed by atoms with Crippen LogP contribution in [0, 0.1) is 0 Å². The summed E-state index contributed by atoms with van der Waals surface area (Å²) in [6, 6.07) is 8.05. The van der Waals surface area contributed by atoms with Crippen LogP contribution in [0.3, 0.4) is 0 Å². The molecule has 0 bridgehead atoms. The third kappa shape index (κ3) is 3.30. The van der Waals surface area contributed by atoms with Gasteiger partial charge in [0.05, 0.1) is 11.8 Å². The van der Waals surface area contributed by atoms with E-state index in [-0.39, 0.29) is 6.04 Å². The van der Waals surface area contributed by atoms with E-state index in [1.54, 1.807) is 6.20 Å². The van der Waals surface area contributed by atoms with E-state index in [1.807, 2.05) is 24.3 Å². The fourth-order valence-electron chi connectivity index (χ4n) is 2.56. The summed E-state index contributed by atoms with van der Waals surface area (Å²) in [5.74, 6) is 0.603. The number of nitrogens with zero attached hydrogens (tertiary/aromatic N) is 3. The zero-order chi connectivity index (χ0) is 14.9. The summed E-state index contributed by atoms with van der Waals surface area (Å²) in [7, 11) is -3.08. The van der Waals surface area contributed by atoms with Gasteiger partial charge in [0.2, 0.25) is 16.0 Å². The molecule has 0 radical (unpaired) electrons. The number of aromatic nitrogens is 2. The molecule has 2 heterocycles. The molecule has 0 spiro atoms. The van der Waals surface area contributed by atoms with Crippen molar-refractivity contribution in [2.45, 2.75) is 18.9 Å². The average molecular weight is 306 g/mol. The Balaban J connectivity index is 1.67. The Morgan fingerprint density at radius 3 is 2.67 bits per heavy atom. The van der Waals surface area contributed by atoms with Gasteiger partial charge in [0.15, 0.2) is 0 Å². The molecule has 0 unspecified atom stereocenters. The van der Waals surface area contributed by atoms with Crippen molar-refractivity contribution < 1.29 is 8.42 Å². The van der Waals surface area contributed by atoms with Crippen LogP contribution in [0.1, 0.15) is 12.8 Å². The van der Waals surface area contributed by atoms with Crippen LogP contribution >= 0.6 is 0 Å². The Morgan fingerprint density at radius 2 is 1.95 bits per heavy atom. The summed E-state index contributed by atoms with van der Waals surface area (Å²) in [6.07, 6.45) is 4.59. The SMILES string of the molecule is CS(=O)(=O)N1CCC(Nc2ncc3ccccc3n2)CC1. The molecule has 2 aromatic rings. The van der Waals surface area contributed by atoms with E-state index in [9.17, 15) is 8.42 Å². The van der Waals surface area contributed by atoms with Crippen LogP contribution < -0.4 is 5.32 Å². The van der Waals surface area contributed by atoms with Crippen molar-refractivity contribution in [3.8, 4) is 0 Å². The second-order valence-corrected chi connectivity index (χ2v) is 7.32. The minimum Gasteiger partial charge on any atom is -0.351 e.